The van der Waals surface area contributed by atoms with Gasteiger partial charge in [-0.1, -0.05) is 6.07 Å². The van der Waals surface area contributed by atoms with Gasteiger partial charge in [-0.25, -0.2) is 0 Å². The molecule has 0 unspecified atom stereocenters. The second kappa shape index (κ2) is 5.64. The van der Waals surface area contributed by atoms with Crippen LogP contribution in [0.4, 0.5) is 0 Å². The average Bonchev–Trinajstić information content (AvgIpc) is 2.78. The SMILES string of the molecule is CC(C)Oc1cccc(-c2nnc(CCN)o2)c1. The lowest BCUT2D eigenvalue weighted by Gasteiger charge is -2.09. The topological polar surface area (TPSA) is 74.2 Å². The Morgan fingerprint density at radius 3 is 2.89 bits per heavy atom. The molecule has 0 aliphatic heterocycles. The fourth-order valence-corrected chi connectivity index (χ4v) is 1.57. The summed E-state index contributed by atoms with van der Waals surface area (Å²) >= 11 is 0. The molecule has 0 amide bonds. The zero-order valence-corrected chi connectivity index (χ0v) is 10.6. The maximum Gasteiger partial charge on any atom is 0.247 e. The van der Waals surface area contributed by atoms with Crippen molar-refractivity contribution < 1.29 is 9.15 Å². The number of benzene rings is 1. The molecule has 18 heavy (non-hydrogen) atoms. The van der Waals surface area contributed by atoms with E-state index in [4.69, 9.17) is 14.9 Å². The molecule has 0 aliphatic rings. The molecule has 0 bridgehead atoms. The highest BCUT2D eigenvalue weighted by Crippen LogP contribution is 2.23. The Labute approximate surface area is 106 Å². The summed E-state index contributed by atoms with van der Waals surface area (Å²) in [6.07, 6.45) is 0.727. The molecule has 2 N–H and O–H groups in total. The van der Waals surface area contributed by atoms with Crippen LogP contribution >= 0.6 is 0 Å². The Balaban J connectivity index is 2.21. The number of rotatable bonds is 5. The highest BCUT2D eigenvalue weighted by atomic mass is 16.5. The van der Waals surface area contributed by atoms with Crippen LogP contribution in [-0.4, -0.2) is 22.8 Å². The van der Waals surface area contributed by atoms with Crippen molar-refractivity contribution in [3.8, 4) is 17.2 Å². The van der Waals surface area contributed by atoms with Gasteiger partial charge in [-0.15, -0.1) is 10.2 Å². The Kier molecular flexibility index (Phi) is 3.94. The number of aromatic nitrogens is 2. The fraction of sp³-hybridized carbons (Fsp3) is 0.385. The first kappa shape index (κ1) is 12.6. The van der Waals surface area contributed by atoms with E-state index >= 15 is 0 Å². The van der Waals surface area contributed by atoms with Crippen LogP contribution in [0.5, 0.6) is 5.75 Å². The predicted molar refractivity (Wildman–Crippen MR) is 68.3 cm³/mol. The minimum atomic E-state index is 0.135. The van der Waals surface area contributed by atoms with Crippen molar-refractivity contribution in [1.29, 1.82) is 0 Å². The predicted octanol–water partition coefficient (Wildman–Crippen LogP) is 2.02. The quantitative estimate of drug-likeness (QED) is 0.875. The van der Waals surface area contributed by atoms with Crippen LogP contribution in [0, 0.1) is 0 Å². The van der Waals surface area contributed by atoms with E-state index in [1.165, 1.54) is 0 Å². The molecule has 0 radical (unpaired) electrons. The number of hydrogen-bond donors (Lipinski definition) is 1. The van der Waals surface area contributed by atoms with E-state index in [2.05, 4.69) is 10.2 Å². The summed E-state index contributed by atoms with van der Waals surface area (Å²) in [6.45, 7) is 4.47. The molecule has 96 valence electrons. The van der Waals surface area contributed by atoms with E-state index in [0.717, 1.165) is 11.3 Å². The van der Waals surface area contributed by atoms with Crippen molar-refractivity contribution in [2.24, 2.45) is 5.73 Å². The number of nitrogens with zero attached hydrogens (tertiary/aromatic N) is 2. The molecule has 0 aliphatic carbocycles. The average molecular weight is 247 g/mol. The molecule has 1 aromatic carbocycles. The van der Waals surface area contributed by atoms with E-state index < -0.39 is 0 Å². The molecule has 1 heterocycles. The van der Waals surface area contributed by atoms with E-state index in [1.807, 2.05) is 38.1 Å². The lowest BCUT2D eigenvalue weighted by Crippen LogP contribution is -2.05. The van der Waals surface area contributed by atoms with Crippen LogP contribution in [0.15, 0.2) is 28.7 Å². The van der Waals surface area contributed by atoms with Crippen molar-refractivity contribution in [3.63, 3.8) is 0 Å². The van der Waals surface area contributed by atoms with Gasteiger partial charge < -0.3 is 14.9 Å². The standard InChI is InChI=1S/C13H17N3O2/c1-9(2)17-11-5-3-4-10(8-11)13-16-15-12(18-13)6-7-14/h3-5,8-9H,6-7,14H2,1-2H3. The Morgan fingerprint density at radius 1 is 1.33 bits per heavy atom. The number of hydrogen-bond acceptors (Lipinski definition) is 5. The van der Waals surface area contributed by atoms with Gasteiger partial charge in [0.1, 0.15) is 5.75 Å². The monoisotopic (exact) mass is 247 g/mol. The van der Waals surface area contributed by atoms with E-state index in [1.54, 1.807) is 0 Å². The van der Waals surface area contributed by atoms with E-state index in [0.29, 0.717) is 24.7 Å². The molecule has 1 aromatic heterocycles. The highest BCUT2D eigenvalue weighted by molar-refractivity contribution is 5.55. The van der Waals surface area contributed by atoms with Crippen molar-refractivity contribution in [1.82, 2.24) is 10.2 Å². The van der Waals surface area contributed by atoms with Crippen molar-refractivity contribution in [2.75, 3.05) is 6.54 Å². The van der Waals surface area contributed by atoms with Crippen LogP contribution in [0.1, 0.15) is 19.7 Å². The van der Waals surface area contributed by atoms with Crippen LogP contribution in [0.2, 0.25) is 0 Å². The highest BCUT2D eigenvalue weighted by Gasteiger charge is 2.09. The van der Waals surface area contributed by atoms with Crippen molar-refractivity contribution in [2.45, 2.75) is 26.4 Å². The van der Waals surface area contributed by atoms with Gasteiger partial charge >= 0.3 is 0 Å². The molecule has 5 nitrogen and oxygen atoms in total. The van der Waals surface area contributed by atoms with Gasteiger partial charge in [0.25, 0.3) is 0 Å². The van der Waals surface area contributed by atoms with Crippen LogP contribution < -0.4 is 10.5 Å². The van der Waals surface area contributed by atoms with Crippen LogP contribution in [-0.2, 0) is 6.42 Å². The second-order valence-electron chi connectivity index (χ2n) is 4.23. The molecule has 0 atom stereocenters. The van der Waals surface area contributed by atoms with Gasteiger partial charge in [0.15, 0.2) is 0 Å². The lowest BCUT2D eigenvalue weighted by atomic mass is 10.2. The maximum atomic E-state index is 5.62. The molecule has 0 saturated heterocycles. The van der Waals surface area contributed by atoms with Crippen molar-refractivity contribution in [3.05, 3.63) is 30.2 Å². The van der Waals surface area contributed by atoms with Gasteiger partial charge in [0.2, 0.25) is 11.8 Å². The molecule has 2 aromatic rings. The first-order chi connectivity index (χ1) is 8.69. The van der Waals surface area contributed by atoms with Crippen molar-refractivity contribution >= 4 is 0 Å². The van der Waals surface area contributed by atoms with Gasteiger partial charge in [-0.3, -0.25) is 0 Å². The molecule has 5 heteroatoms. The summed E-state index contributed by atoms with van der Waals surface area (Å²) in [5.74, 6) is 1.84. The molecule has 0 spiro atoms. The third kappa shape index (κ3) is 3.07. The fourth-order valence-electron chi connectivity index (χ4n) is 1.57. The largest absolute Gasteiger partial charge is 0.491 e. The molecular formula is C13H17N3O2. The normalized spacial score (nSPS) is 10.9. The van der Waals surface area contributed by atoms with Gasteiger partial charge in [-0.05, 0) is 32.0 Å². The van der Waals surface area contributed by atoms with Gasteiger partial charge in [0.05, 0.1) is 6.10 Å². The van der Waals surface area contributed by atoms with Gasteiger partial charge in [-0.2, -0.15) is 0 Å². The summed E-state index contributed by atoms with van der Waals surface area (Å²) < 4.78 is 11.1. The number of ether oxygens (including phenoxy) is 1. The van der Waals surface area contributed by atoms with Crippen LogP contribution in [0.3, 0.4) is 0 Å². The molecule has 2 rings (SSSR count). The zero-order valence-electron chi connectivity index (χ0n) is 10.6. The third-order valence-corrected chi connectivity index (χ3v) is 2.28. The van der Waals surface area contributed by atoms with Gasteiger partial charge in [0, 0.05) is 18.5 Å². The molecule has 0 saturated carbocycles. The minimum absolute atomic E-state index is 0.135. The van der Waals surface area contributed by atoms with E-state index in [-0.39, 0.29) is 6.10 Å². The number of nitrogens with two attached hydrogens (primary N) is 1. The maximum absolute atomic E-state index is 5.62. The summed E-state index contributed by atoms with van der Waals surface area (Å²) in [4.78, 5) is 0. The summed E-state index contributed by atoms with van der Waals surface area (Å²) in [7, 11) is 0. The lowest BCUT2D eigenvalue weighted by molar-refractivity contribution is 0.242. The zero-order chi connectivity index (χ0) is 13.0. The summed E-state index contributed by atoms with van der Waals surface area (Å²) in [6, 6.07) is 7.60. The summed E-state index contributed by atoms with van der Waals surface area (Å²) in [5.41, 5.74) is 6.29. The summed E-state index contributed by atoms with van der Waals surface area (Å²) in [5, 5.41) is 7.93. The van der Waals surface area contributed by atoms with E-state index in [9.17, 15) is 0 Å². The minimum Gasteiger partial charge on any atom is -0.491 e. The smallest absolute Gasteiger partial charge is 0.247 e. The second-order valence-corrected chi connectivity index (χ2v) is 4.23. The first-order valence-corrected chi connectivity index (χ1v) is 5.98. The Morgan fingerprint density at radius 2 is 2.17 bits per heavy atom. The molecule has 0 fully saturated rings. The first-order valence-electron chi connectivity index (χ1n) is 5.98. The molecular weight excluding hydrogens is 230 g/mol. The third-order valence-electron chi connectivity index (χ3n) is 2.28. The Bertz CT molecular complexity index is 508. The Hall–Kier alpha value is -1.88. The van der Waals surface area contributed by atoms with Crippen LogP contribution in [0.25, 0.3) is 11.5 Å².